The Morgan fingerprint density at radius 3 is 2.55 bits per heavy atom. The first kappa shape index (κ1) is 23.6. The fraction of sp³-hybridized carbons (Fsp3) is 0.300. The van der Waals surface area contributed by atoms with E-state index in [-0.39, 0.29) is 23.7 Å². The molecule has 2 aromatic rings. The lowest BCUT2D eigenvalue weighted by atomic mass is 10.1. The van der Waals surface area contributed by atoms with Crippen molar-refractivity contribution in [2.45, 2.75) is 20.3 Å². The van der Waals surface area contributed by atoms with Gasteiger partial charge in [0.05, 0.1) is 12.3 Å². The van der Waals surface area contributed by atoms with Crippen LogP contribution in [0.4, 0.5) is 5.69 Å². The summed E-state index contributed by atoms with van der Waals surface area (Å²) in [6, 6.07) is 1.34. The number of aryl methyl sites for hydroxylation is 1. The third-order valence-corrected chi connectivity index (χ3v) is 3.60. The van der Waals surface area contributed by atoms with E-state index in [1.54, 1.807) is 30.1 Å². The van der Waals surface area contributed by atoms with E-state index < -0.39 is 5.91 Å². The third-order valence-electron chi connectivity index (χ3n) is 3.60. The molecule has 1 amide bonds. The van der Waals surface area contributed by atoms with Crippen LogP contribution in [0.15, 0.2) is 31.1 Å². The van der Waals surface area contributed by atoms with Crippen molar-refractivity contribution < 1.29 is 9.90 Å². The molecule has 0 radical (unpaired) electrons. The predicted octanol–water partition coefficient (Wildman–Crippen LogP) is 1.69. The Hall–Kier alpha value is -3.46. The lowest BCUT2D eigenvalue weighted by Crippen LogP contribution is -2.16. The number of amides is 1. The molecule has 29 heavy (non-hydrogen) atoms. The number of pyridine rings is 1. The lowest BCUT2D eigenvalue weighted by molar-refractivity contribution is 0.0995. The topological polar surface area (TPSA) is 156 Å². The van der Waals surface area contributed by atoms with Crippen molar-refractivity contribution >= 4 is 23.4 Å². The largest absolute Gasteiger partial charge is 0.398 e. The number of primary amides is 1. The van der Waals surface area contributed by atoms with Crippen LogP contribution in [0.1, 0.15) is 42.0 Å². The maximum atomic E-state index is 11.5. The number of imidazole rings is 1. The highest BCUT2D eigenvalue weighted by molar-refractivity contribution is 5.98. The summed E-state index contributed by atoms with van der Waals surface area (Å²) >= 11 is 0. The van der Waals surface area contributed by atoms with E-state index >= 15 is 0 Å². The molecule has 0 bridgehead atoms. The molecule has 2 rings (SSSR count). The first-order valence-electron chi connectivity index (χ1n) is 9.16. The average molecular weight is 399 g/mol. The van der Waals surface area contributed by atoms with Gasteiger partial charge in [-0.1, -0.05) is 32.9 Å². The number of anilines is 1. The number of allylic oxidation sites excluding steroid dienone is 2. The number of carbonyl (C=O) groups excluding carboxylic acids is 1. The van der Waals surface area contributed by atoms with Gasteiger partial charge in [0.2, 0.25) is 0 Å². The van der Waals surface area contributed by atoms with Crippen molar-refractivity contribution in [3.8, 4) is 11.5 Å². The van der Waals surface area contributed by atoms with Crippen LogP contribution in [0.3, 0.4) is 0 Å². The van der Waals surface area contributed by atoms with Gasteiger partial charge in [-0.25, -0.2) is 9.97 Å². The maximum absolute atomic E-state index is 11.5. The van der Waals surface area contributed by atoms with E-state index in [9.17, 15) is 4.79 Å². The maximum Gasteiger partial charge on any atom is 0.267 e. The number of hydrogen-bond donors (Lipinski definition) is 5. The quantitative estimate of drug-likeness (QED) is 0.258. The number of nitrogens with two attached hydrogens (primary N) is 2. The lowest BCUT2D eigenvalue weighted by Gasteiger charge is -2.09. The van der Waals surface area contributed by atoms with Crippen LogP contribution in [0, 0.1) is 5.41 Å². The van der Waals surface area contributed by atoms with Crippen LogP contribution < -0.4 is 16.8 Å². The van der Waals surface area contributed by atoms with E-state index in [0.717, 1.165) is 6.21 Å². The molecule has 0 atom stereocenters. The average Bonchev–Trinajstić information content (AvgIpc) is 3.06. The summed E-state index contributed by atoms with van der Waals surface area (Å²) < 4.78 is 1.71. The van der Waals surface area contributed by atoms with Gasteiger partial charge in [0.15, 0.2) is 5.82 Å². The SMILES string of the molecule is C=C/C(=C\NCCO)c1cn(C)c(-c2nc(C(N)=O)cc(N)c2C=N)n1.CCC. The molecule has 0 saturated heterocycles. The van der Waals surface area contributed by atoms with Crippen molar-refractivity contribution in [3.63, 3.8) is 0 Å². The third kappa shape index (κ3) is 6.01. The number of aromatic nitrogens is 3. The summed E-state index contributed by atoms with van der Waals surface area (Å²) in [4.78, 5) is 20.2. The molecule has 0 aliphatic heterocycles. The van der Waals surface area contributed by atoms with Crippen molar-refractivity contribution in [2.75, 3.05) is 18.9 Å². The molecule has 156 valence electrons. The van der Waals surface area contributed by atoms with Crippen LogP contribution in [0.25, 0.3) is 17.1 Å². The van der Waals surface area contributed by atoms with E-state index in [1.165, 1.54) is 12.5 Å². The highest BCUT2D eigenvalue weighted by Gasteiger charge is 2.18. The molecule has 2 heterocycles. The van der Waals surface area contributed by atoms with Gasteiger partial charge in [0.25, 0.3) is 5.91 Å². The minimum atomic E-state index is -0.719. The van der Waals surface area contributed by atoms with Gasteiger partial charge in [0.1, 0.15) is 11.4 Å². The molecule has 0 saturated carbocycles. The van der Waals surface area contributed by atoms with Crippen LogP contribution in [-0.4, -0.2) is 44.9 Å². The molecule has 9 heteroatoms. The number of aliphatic hydroxyl groups excluding tert-OH is 1. The van der Waals surface area contributed by atoms with Gasteiger partial charge in [-0.2, -0.15) is 0 Å². The molecule has 7 N–H and O–H groups in total. The smallest absolute Gasteiger partial charge is 0.267 e. The van der Waals surface area contributed by atoms with Crippen molar-refractivity contribution in [1.82, 2.24) is 19.9 Å². The zero-order valence-electron chi connectivity index (χ0n) is 17.1. The number of carbonyl (C=O) groups is 1. The second kappa shape index (κ2) is 11.4. The first-order chi connectivity index (χ1) is 13.8. The Balaban J connectivity index is 0.00000132. The molecule has 0 spiro atoms. The molecule has 0 aliphatic carbocycles. The minimum absolute atomic E-state index is 0.000191. The van der Waals surface area contributed by atoms with Crippen molar-refractivity contribution in [1.29, 1.82) is 5.41 Å². The second-order valence-corrected chi connectivity index (χ2v) is 6.12. The van der Waals surface area contributed by atoms with E-state index in [4.69, 9.17) is 22.0 Å². The van der Waals surface area contributed by atoms with E-state index in [2.05, 4.69) is 35.7 Å². The monoisotopic (exact) mass is 399 g/mol. The number of aliphatic hydroxyl groups is 1. The number of nitrogens with one attached hydrogen (secondary N) is 2. The molecule has 0 aromatic carbocycles. The highest BCUT2D eigenvalue weighted by Crippen LogP contribution is 2.26. The van der Waals surface area contributed by atoms with Crippen molar-refractivity contribution in [2.24, 2.45) is 12.8 Å². The Bertz CT molecular complexity index is 900. The van der Waals surface area contributed by atoms with Gasteiger partial charge in [-0.15, -0.1) is 0 Å². The van der Waals surface area contributed by atoms with Gasteiger partial charge >= 0.3 is 0 Å². The Labute approximate surface area is 170 Å². The molecule has 0 unspecified atom stereocenters. The Morgan fingerprint density at radius 1 is 1.38 bits per heavy atom. The Kier molecular flexibility index (Phi) is 9.27. The van der Waals surface area contributed by atoms with E-state index in [1.807, 2.05) is 0 Å². The molecule has 0 aliphatic rings. The summed E-state index contributed by atoms with van der Waals surface area (Å²) in [6.07, 6.45) is 7.37. The Morgan fingerprint density at radius 2 is 2.03 bits per heavy atom. The number of nitrogen functional groups attached to an aromatic ring is 1. The van der Waals surface area contributed by atoms with Crippen LogP contribution >= 0.6 is 0 Å². The summed E-state index contributed by atoms with van der Waals surface area (Å²) in [7, 11) is 1.76. The fourth-order valence-corrected chi connectivity index (χ4v) is 2.33. The fourth-order valence-electron chi connectivity index (χ4n) is 2.33. The molecule has 0 fully saturated rings. The first-order valence-corrected chi connectivity index (χ1v) is 9.16. The van der Waals surface area contributed by atoms with Gasteiger partial charge in [0, 0.05) is 49.0 Å². The summed E-state index contributed by atoms with van der Waals surface area (Å²) in [5.74, 6) is -0.299. The van der Waals surface area contributed by atoms with Gasteiger partial charge in [-0.3, -0.25) is 4.79 Å². The summed E-state index contributed by atoms with van der Waals surface area (Å²) in [5, 5.41) is 19.4. The van der Waals surface area contributed by atoms with Gasteiger partial charge in [-0.05, 0) is 6.07 Å². The van der Waals surface area contributed by atoms with E-state index in [0.29, 0.717) is 29.2 Å². The van der Waals surface area contributed by atoms with Gasteiger partial charge < -0.3 is 31.9 Å². The van der Waals surface area contributed by atoms with Crippen LogP contribution in [0.2, 0.25) is 0 Å². The molecular weight excluding hydrogens is 370 g/mol. The normalized spacial score (nSPS) is 10.7. The summed E-state index contributed by atoms with van der Waals surface area (Å²) in [6.45, 7) is 8.41. The second-order valence-electron chi connectivity index (χ2n) is 6.12. The zero-order valence-corrected chi connectivity index (χ0v) is 17.1. The number of nitrogens with zero attached hydrogens (tertiary/aromatic N) is 3. The minimum Gasteiger partial charge on any atom is -0.398 e. The summed E-state index contributed by atoms with van der Waals surface area (Å²) in [5.41, 5.74) is 13.4. The highest BCUT2D eigenvalue weighted by atomic mass is 16.3. The number of rotatable bonds is 8. The van der Waals surface area contributed by atoms with Crippen LogP contribution in [-0.2, 0) is 7.05 Å². The van der Waals surface area contributed by atoms with Crippen molar-refractivity contribution in [3.05, 3.63) is 48.1 Å². The van der Waals surface area contributed by atoms with Crippen LogP contribution in [0.5, 0.6) is 0 Å². The molecular formula is C20H29N7O2. The predicted molar refractivity (Wildman–Crippen MR) is 116 cm³/mol. The number of hydrogen-bond acceptors (Lipinski definition) is 7. The zero-order chi connectivity index (χ0) is 22.0. The standard InChI is InChI=1S/C17H21N7O2.C3H8/c1-3-10(8-21-4-5-25)14-9-24(2)17(23-14)15-11(7-18)12(19)6-13(22-15)16(20)26;1-3-2/h3,6-9,18,21,25H,1,4-5H2,2H3,(H2,19,22)(H2,20,26);3H2,1-2H3/b10-8+,18-7?;. The molecule has 2 aromatic heterocycles. The molecule has 9 nitrogen and oxygen atoms in total.